The first-order chi connectivity index (χ1) is 17.1. The molecule has 2 rings (SSSR count). The molecule has 1 aromatic heterocycles. The number of H-pyrrole nitrogens is 1. The zero-order valence-electron chi connectivity index (χ0n) is 23.1. The third kappa shape index (κ3) is 13.2. The summed E-state index contributed by atoms with van der Waals surface area (Å²) in [6, 6.07) is 6.09. The molecule has 1 aromatic carbocycles. The molecule has 2 aromatic rings. The van der Waals surface area contributed by atoms with Gasteiger partial charge in [0.25, 0.3) is 0 Å². The molecule has 0 fully saturated rings. The van der Waals surface area contributed by atoms with Crippen molar-refractivity contribution in [3.8, 4) is 5.75 Å². The summed E-state index contributed by atoms with van der Waals surface area (Å²) in [4.78, 5) is 15.8. The zero-order valence-corrected chi connectivity index (χ0v) is 23.1. The van der Waals surface area contributed by atoms with Crippen LogP contribution in [0.15, 0.2) is 24.4 Å². The maximum absolute atomic E-state index is 12.5. The van der Waals surface area contributed by atoms with Crippen LogP contribution in [0.3, 0.4) is 0 Å². The summed E-state index contributed by atoms with van der Waals surface area (Å²) in [6.45, 7) is 6.35. The van der Waals surface area contributed by atoms with Crippen LogP contribution in [0.1, 0.15) is 142 Å². The number of ether oxygens (including phenoxy) is 1. The summed E-state index contributed by atoms with van der Waals surface area (Å²) < 4.78 is 5.82. The van der Waals surface area contributed by atoms with Crippen molar-refractivity contribution in [1.82, 2.24) is 4.98 Å². The number of hydrogen-bond acceptors (Lipinski definition) is 2. The number of benzene rings is 1. The lowest BCUT2D eigenvalue weighted by Crippen LogP contribution is -2.05. The van der Waals surface area contributed by atoms with Crippen LogP contribution >= 0.6 is 0 Å². The van der Waals surface area contributed by atoms with Crippen LogP contribution in [0.4, 0.5) is 0 Å². The zero-order chi connectivity index (χ0) is 25.1. The number of carbonyl (C=O) groups is 1. The number of hydrogen-bond donors (Lipinski definition) is 1. The van der Waals surface area contributed by atoms with E-state index in [2.05, 4.69) is 18.0 Å². The van der Waals surface area contributed by atoms with E-state index in [1.807, 2.05) is 32.2 Å². The number of unbranched alkanes of at least 4 members (excludes halogenated alkanes) is 16. The van der Waals surface area contributed by atoms with Gasteiger partial charge in [0, 0.05) is 29.9 Å². The SMILES string of the molecule is CCCCCCCCCCCCCCCCCCCC(=O)Cc1c[nH]c2ccc(OC(C)C)cc12. The number of ketones is 1. The van der Waals surface area contributed by atoms with Crippen molar-refractivity contribution in [2.24, 2.45) is 0 Å². The Hall–Kier alpha value is -1.77. The highest BCUT2D eigenvalue weighted by Crippen LogP contribution is 2.25. The topological polar surface area (TPSA) is 42.1 Å². The lowest BCUT2D eigenvalue weighted by Gasteiger charge is -2.09. The van der Waals surface area contributed by atoms with Gasteiger partial charge >= 0.3 is 0 Å². The van der Waals surface area contributed by atoms with Gasteiger partial charge < -0.3 is 9.72 Å². The second-order valence-electron chi connectivity index (χ2n) is 10.8. The molecule has 0 radical (unpaired) electrons. The fourth-order valence-corrected chi connectivity index (χ4v) is 5.00. The van der Waals surface area contributed by atoms with E-state index >= 15 is 0 Å². The van der Waals surface area contributed by atoms with Gasteiger partial charge in [0.2, 0.25) is 0 Å². The Balaban J connectivity index is 1.43. The molecule has 0 amide bonds. The van der Waals surface area contributed by atoms with Crippen LogP contribution in [0, 0.1) is 0 Å². The summed E-state index contributed by atoms with van der Waals surface area (Å²) in [5.41, 5.74) is 2.16. The largest absolute Gasteiger partial charge is 0.491 e. The van der Waals surface area contributed by atoms with Gasteiger partial charge in [-0.25, -0.2) is 0 Å². The van der Waals surface area contributed by atoms with Gasteiger partial charge in [0.1, 0.15) is 11.5 Å². The minimum absolute atomic E-state index is 0.149. The number of nitrogens with one attached hydrogen (secondary N) is 1. The average Bonchev–Trinajstić information content (AvgIpc) is 3.22. The Labute approximate surface area is 215 Å². The Morgan fingerprint density at radius 2 is 1.29 bits per heavy atom. The number of aromatic nitrogens is 1. The Morgan fingerprint density at radius 3 is 1.80 bits per heavy atom. The third-order valence-corrected chi connectivity index (χ3v) is 7.06. The highest BCUT2D eigenvalue weighted by Gasteiger charge is 2.10. The number of fused-ring (bicyclic) bond motifs is 1. The summed E-state index contributed by atoms with van der Waals surface area (Å²) in [5.74, 6) is 1.22. The standard InChI is InChI=1S/C32H53NO2/c1-4-5-6-7-8-9-10-11-12-13-14-15-16-17-18-19-20-21-29(34)24-28-26-33-32-23-22-30(25-31(28)32)35-27(2)3/h22-23,25-27,33H,4-21,24H2,1-3H3. The van der Waals surface area contributed by atoms with E-state index in [4.69, 9.17) is 4.74 Å². The Bertz CT molecular complexity index is 807. The molecule has 198 valence electrons. The van der Waals surface area contributed by atoms with Crippen LogP contribution in [0.5, 0.6) is 5.75 Å². The van der Waals surface area contributed by atoms with Crippen LogP contribution < -0.4 is 4.74 Å². The molecular weight excluding hydrogens is 430 g/mol. The molecule has 0 spiro atoms. The predicted molar refractivity (Wildman–Crippen MR) is 152 cm³/mol. The summed E-state index contributed by atoms with van der Waals surface area (Å²) in [7, 11) is 0. The van der Waals surface area contributed by atoms with Gasteiger partial charge in [-0.2, -0.15) is 0 Å². The van der Waals surface area contributed by atoms with Gasteiger partial charge in [-0.05, 0) is 44.0 Å². The first-order valence-electron chi connectivity index (χ1n) is 14.9. The highest BCUT2D eigenvalue weighted by atomic mass is 16.5. The van der Waals surface area contributed by atoms with E-state index in [1.165, 1.54) is 103 Å². The van der Waals surface area contributed by atoms with Crippen molar-refractivity contribution in [2.75, 3.05) is 0 Å². The minimum atomic E-state index is 0.149. The number of carbonyl (C=O) groups excluding carboxylic acids is 1. The second kappa shape index (κ2) is 18.5. The Kier molecular flexibility index (Phi) is 15.6. The van der Waals surface area contributed by atoms with Crippen LogP contribution in [-0.4, -0.2) is 16.9 Å². The molecule has 0 unspecified atom stereocenters. The molecule has 0 aliphatic heterocycles. The molecular formula is C32H53NO2. The molecule has 0 saturated heterocycles. The molecule has 0 aliphatic carbocycles. The maximum atomic E-state index is 12.5. The van der Waals surface area contributed by atoms with Gasteiger partial charge in [-0.3, -0.25) is 4.79 Å². The highest BCUT2D eigenvalue weighted by molar-refractivity contribution is 5.90. The molecule has 0 atom stereocenters. The summed E-state index contributed by atoms with van der Waals surface area (Å²) in [6.07, 6.45) is 26.6. The number of Topliss-reactive ketones (excluding diaryl/α,β-unsaturated/α-hetero) is 1. The fraction of sp³-hybridized carbons (Fsp3) is 0.719. The molecule has 35 heavy (non-hydrogen) atoms. The van der Waals surface area contributed by atoms with Gasteiger partial charge in [-0.1, -0.05) is 110 Å². The molecule has 0 bridgehead atoms. The van der Waals surface area contributed by atoms with E-state index in [0.29, 0.717) is 18.6 Å². The molecule has 0 saturated carbocycles. The first kappa shape index (κ1) is 29.5. The third-order valence-electron chi connectivity index (χ3n) is 7.06. The van der Waals surface area contributed by atoms with Crippen molar-refractivity contribution in [3.05, 3.63) is 30.0 Å². The van der Waals surface area contributed by atoms with Gasteiger partial charge in [-0.15, -0.1) is 0 Å². The van der Waals surface area contributed by atoms with Gasteiger partial charge in [0.05, 0.1) is 6.10 Å². The predicted octanol–water partition coefficient (Wildman–Crippen LogP) is 10.1. The van der Waals surface area contributed by atoms with Crippen LogP contribution in [-0.2, 0) is 11.2 Å². The van der Waals surface area contributed by atoms with Gasteiger partial charge in [0.15, 0.2) is 0 Å². The lowest BCUT2D eigenvalue weighted by atomic mass is 10.0. The number of aromatic amines is 1. The summed E-state index contributed by atoms with van der Waals surface area (Å²) in [5, 5.41) is 1.11. The van der Waals surface area contributed by atoms with E-state index in [0.717, 1.165) is 28.6 Å². The van der Waals surface area contributed by atoms with E-state index in [1.54, 1.807) is 0 Å². The lowest BCUT2D eigenvalue weighted by molar-refractivity contribution is -0.118. The molecule has 1 heterocycles. The first-order valence-corrected chi connectivity index (χ1v) is 14.9. The van der Waals surface area contributed by atoms with E-state index in [9.17, 15) is 4.79 Å². The van der Waals surface area contributed by atoms with E-state index < -0.39 is 0 Å². The van der Waals surface area contributed by atoms with Crippen LogP contribution in [0.25, 0.3) is 10.9 Å². The monoisotopic (exact) mass is 483 g/mol. The number of rotatable bonds is 22. The van der Waals surface area contributed by atoms with E-state index in [-0.39, 0.29) is 6.10 Å². The summed E-state index contributed by atoms with van der Waals surface area (Å²) >= 11 is 0. The van der Waals surface area contributed by atoms with Crippen LogP contribution in [0.2, 0.25) is 0 Å². The molecule has 3 heteroatoms. The van der Waals surface area contributed by atoms with Crippen molar-refractivity contribution < 1.29 is 9.53 Å². The Morgan fingerprint density at radius 1 is 0.771 bits per heavy atom. The molecule has 3 nitrogen and oxygen atoms in total. The smallest absolute Gasteiger partial charge is 0.137 e. The maximum Gasteiger partial charge on any atom is 0.137 e. The molecule has 1 N–H and O–H groups in total. The quantitative estimate of drug-likeness (QED) is 0.169. The van der Waals surface area contributed by atoms with Crippen molar-refractivity contribution in [1.29, 1.82) is 0 Å². The minimum Gasteiger partial charge on any atom is -0.491 e. The fourth-order valence-electron chi connectivity index (χ4n) is 5.00. The second-order valence-corrected chi connectivity index (χ2v) is 10.8. The van der Waals surface area contributed by atoms with Crippen molar-refractivity contribution in [2.45, 2.75) is 149 Å². The normalized spacial score (nSPS) is 11.5. The van der Waals surface area contributed by atoms with Crippen molar-refractivity contribution in [3.63, 3.8) is 0 Å². The average molecular weight is 484 g/mol. The van der Waals surface area contributed by atoms with Crippen molar-refractivity contribution >= 4 is 16.7 Å². The molecule has 0 aliphatic rings.